The molecule has 2 amide bonds. The van der Waals surface area contributed by atoms with Gasteiger partial charge in [-0.2, -0.15) is 0 Å². The first-order valence-electron chi connectivity index (χ1n) is 5.52. The molecule has 0 aliphatic rings. The molecule has 17 heavy (non-hydrogen) atoms. The average molecular weight is 266 g/mol. The van der Waals surface area contributed by atoms with Crippen LogP contribution in [-0.2, 0) is 9.59 Å². The minimum atomic E-state index is -0.467. The van der Waals surface area contributed by atoms with Crippen molar-refractivity contribution in [2.75, 3.05) is 19.6 Å². The molecule has 0 aliphatic heterocycles. The van der Waals surface area contributed by atoms with Gasteiger partial charge in [0.25, 0.3) is 0 Å². The molecule has 0 aliphatic carbocycles. The Morgan fingerprint density at radius 1 is 1.24 bits per heavy atom. The Hall–Kier alpha value is -0.810. The van der Waals surface area contributed by atoms with Crippen LogP contribution in [0.25, 0.3) is 0 Å². The first kappa shape index (κ1) is 18.6. The van der Waals surface area contributed by atoms with Gasteiger partial charge in [-0.1, -0.05) is 27.7 Å². The number of nitrogens with one attached hydrogen (secondary N) is 2. The van der Waals surface area contributed by atoms with E-state index in [0.717, 1.165) is 0 Å². The molecule has 0 rings (SSSR count). The highest BCUT2D eigenvalue weighted by molar-refractivity contribution is 5.87. The summed E-state index contributed by atoms with van der Waals surface area (Å²) in [7, 11) is 0. The number of nitrogens with two attached hydrogens (primary N) is 1. The molecule has 0 fully saturated rings. The third-order valence-corrected chi connectivity index (χ3v) is 2.14. The van der Waals surface area contributed by atoms with Crippen molar-refractivity contribution >= 4 is 24.2 Å². The average Bonchev–Trinajstić information content (AvgIpc) is 2.20. The molecule has 4 N–H and O–H groups in total. The van der Waals surface area contributed by atoms with E-state index in [1.807, 2.05) is 6.92 Å². The quantitative estimate of drug-likeness (QED) is 0.668. The number of halogens is 1. The van der Waals surface area contributed by atoms with Gasteiger partial charge in [0, 0.05) is 12.0 Å². The standard InChI is InChI=1S/C11H23N3O2.ClH/c1-8(5-12)6-13-9(15)7-14-10(16)11(2,3)4;/h8H,5-7,12H2,1-4H3,(H,13,15)(H,14,16);1H. The topological polar surface area (TPSA) is 84.2 Å². The summed E-state index contributed by atoms with van der Waals surface area (Å²) in [5, 5.41) is 5.29. The summed E-state index contributed by atoms with van der Waals surface area (Å²) < 4.78 is 0. The molecular formula is C11H24ClN3O2. The van der Waals surface area contributed by atoms with Gasteiger partial charge in [0.1, 0.15) is 0 Å². The number of rotatable bonds is 5. The lowest BCUT2D eigenvalue weighted by molar-refractivity contribution is -0.131. The van der Waals surface area contributed by atoms with Gasteiger partial charge in [-0.3, -0.25) is 9.59 Å². The number of amides is 2. The van der Waals surface area contributed by atoms with Crippen LogP contribution in [0.4, 0.5) is 0 Å². The first-order chi connectivity index (χ1) is 7.27. The summed E-state index contributed by atoms with van der Waals surface area (Å²) in [5.74, 6) is -0.0605. The molecule has 0 spiro atoms. The normalized spacial score (nSPS) is 12.3. The summed E-state index contributed by atoms with van der Waals surface area (Å²) in [6.07, 6.45) is 0. The van der Waals surface area contributed by atoms with Gasteiger partial charge >= 0.3 is 0 Å². The van der Waals surface area contributed by atoms with Crippen LogP contribution in [0, 0.1) is 11.3 Å². The second kappa shape index (κ2) is 8.31. The number of carbonyl (C=O) groups is 2. The Kier molecular flexibility index (Phi) is 9.06. The molecule has 6 heteroatoms. The molecule has 0 bridgehead atoms. The van der Waals surface area contributed by atoms with Crippen molar-refractivity contribution in [3.8, 4) is 0 Å². The predicted molar refractivity (Wildman–Crippen MR) is 70.9 cm³/mol. The van der Waals surface area contributed by atoms with Gasteiger partial charge in [-0.05, 0) is 12.5 Å². The Morgan fingerprint density at radius 3 is 2.18 bits per heavy atom. The van der Waals surface area contributed by atoms with Crippen LogP contribution in [0.3, 0.4) is 0 Å². The fourth-order valence-corrected chi connectivity index (χ4v) is 0.860. The molecule has 0 heterocycles. The lowest BCUT2D eigenvalue weighted by Gasteiger charge is -2.17. The molecule has 1 unspecified atom stereocenters. The number of hydrogen-bond donors (Lipinski definition) is 3. The van der Waals surface area contributed by atoms with Crippen molar-refractivity contribution < 1.29 is 9.59 Å². The molecule has 0 radical (unpaired) electrons. The van der Waals surface area contributed by atoms with Crippen LogP contribution in [0.5, 0.6) is 0 Å². The minimum Gasteiger partial charge on any atom is -0.354 e. The SMILES string of the molecule is CC(CN)CNC(=O)CNC(=O)C(C)(C)C.Cl. The number of hydrogen-bond acceptors (Lipinski definition) is 3. The molecule has 0 aromatic heterocycles. The van der Waals surface area contributed by atoms with Crippen molar-refractivity contribution in [3.63, 3.8) is 0 Å². The fourth-order valence-electron chi connectivity index (χ4n) is 0.860. The van der Waals surface area contributed by atoms with Gasteiger partial charge in [-0.25, -0.2) is 0 Å². The third-order valence-electron chi connectivity index (χ3n) is 2.14. The highest BCUT2D eigenvalue weighted by Gasteiger charge is 2.21. The molecule has 5 nitrogen and oxygen atoms in total. The van der Waals surface area contributed by atoms with Gasteiger partial charge in [-0.15, -0.1) is 12.4 Å². The van der Waals surface area contributed by atoms with Crippen LogP contribution < -0.4 is 16.4 Å². The van der Waals surface area contributed by atoms with E-state index in [4.69, 9.17) is 5.73 Å². The van der Waals surface area contributed by atoms with Gasteiger partial charge in [0.05, 0.1) is 6.54 Å². The van der Waals surface area contributed by atoms with E-state index in [9.17, 15) is 9.59 Å². The van der Waals surface area contributed by atoms with Gasteiger partial charge in [0.15, 0.2) is 0 Å². The summed E-state index contributed by atoms with van der Waals surface area (Å²) in [6.45, 7) is 8.46. The Morgan fingerprint density at radius 2 is 1.76 bits per heavy atom. The van der Waals surface area contributed by atoms with Crippen molar-refractivity contribution in [2.24, 2.45) is 17.1 Å². The Balaban J connectivity index is 0. The maximum absolute atomic E-state index is 11.5. The molecule has 0 saturated carbocycles. The van der Waals surface area contributed by atoms with Crippen molar-refractivity contribution in [3.05, 3.63) is 0 Å². The van der Waals surface area contributed by atoms with Gasteiger partial charge in [0.2, 0.25) is 11.8 Å². The molecule has 0 aromatic carbocycles. The Labute approximate surface area is 109 Å². The smallest absolute Gasteiger partial charge is 0.239 e. The van der Waals surface area contributed by atoms with Crippen molar-refractivity contribution in [1.29, 1.82) is 0 Å². The maximum atomic E-state index is 11.5. The van der Waals surface area contributed by atoms with E-state index in [1.165, 1.54) is 0 Å². The zero-order valence-electron chi connectivity index (χ0n) is 11.0. The second-order valence-corrected chi connectivity index (χ2v) is 5.08. The lowest BCUT2D eigenvalue weighted by Crippen LogP contribution is -2.43. The summed E-state index contributed by atoms with van der Waals surface area (Å²) in [5.41, 5.74) is 4.95. The highest BCUT2D eigenvalue weighted by atomic mass is 35.5. The van der Waals surface area contributed by atoms with E-state index in [-0.39, 0.29) is 36.7 Å². The monoisotopic (exact) mass is 265 g/mol. The van der Waals surface area contributed by atoms with Crippen molar-refractivity contribution in [1.82, 2.24) is 10.6 Å². The molecular weight excluding hydrogens is 242 g/mol. The summed E-state index contributed by atoms with van der Waals surface area (Å²) >= 11 is 0. The van der Waals surface area contributed by atoms with Crippen LogP contribution in [0.2, 0.25) is 0 Å². The molecule has 1 atom stereocenters. The summed E-state index contributed by atoms with van der Waals surface area (Å²) in [6, 6.07) is 0. The maximum Gasteiger partial charge on any atom is 0.239 e. The zero-order valence-corrected chi connectivity index (χ0v) is 11.8. The number of carbonyl (C=O) groups excluding carboxylic acids is 2. The fraction of sp³-hybridized carbons (Fsp3) is 0.818. The van der Waals surface area contributed by atoms with E-state index in [2.05, 4.69) is 10.6 Å². The highest BCUT2D eigenvalue weighted by Crippen LogP contribution is 2.11. The van der Waals surface area contributed by atoms with Crippen molar-refractivity contribution in [2.45, 2.75) is 27.7 Å². The molecule has 0 aromatic rings. The minimum absolute atomic E-state index is 0. The molecule has 0 saturated heterocycles. The van der Waals surface area contributed by atoms with Crippen LogP contribution in [0.1, 0.15) is 27.7 Å². The lowest BCUT2D eigenvalue weighted by atomic mass is 9.96. The first-order valence-corrected chi connectivity index (χ1v) is 5.52. The van der Waals surface area contributed by atoms with Gasteiger partial charge < -0.3 is 16.4 Å². The van der Waals surface area contributed by atoms with E-state index in [0.29, 0.717) is 13.1 Å². The van der Waals surface area contributed by atoms with E-state index in [1.54, 1.807) is 20.8 Å². The van der Waals surface area contributed by atoms with E-state index >= 15 is 0 Å². The second-order valence-electron chi connectivity index (χ2n) is 5.08. The zero-order chi connectivity index (χ0) is 12.8. The van der Waals surface area contributed by atoms with E-state index < -0.39 is 5.41 Å². The third kappa shape index (κ3) is 8.94. The van der Waals surface area contributed by atoms with Crippen LogP contribution >= 0.6 is 12.4 Å². The largest absolute Gasteiger partial charge is 0.354 e. The van der Waals surface area contributed by atoms with Crippen LogP contribution in [-0.4, -0.2) is 31.4 Å². The summed E-state index contributed by atoms with van der Waals surface area (Å²) in [4.78, 5) is 22.8. The predicted octanol–water partition coefficient (Wildman–Crippen LogP) is 0.282. The van der Waals surface area contributed by atoms with Crippen LogP contribution in [0.15, 0.2) is 0 Å². The molecule has 102 valence electrons. The Bertz CT molecular complexity index is 252.